The van der Waals surface area contributed by atoms with Crippen LogP contribution in [0.1, 0.15) is 42.1 Å². The zero-order valence-corrected chi connectivity index (χ0v) is 23.3. The first-order valence-corrected chi connectivity index (χ1v) is 15.1. The van der Waals surface area contributed by atoms with Gasteiger partial charge in [0.15, 0.2) is 0 Å². The molecule has 2 heterocycles. The summed E-state index contributed by atoms with van der Waals surface area (Å²) in [5, 5.41) is 4.15. The van der Waals surface area contributed by atoms with Crippen LogP contribution in [-0.2, 0) is 14.8 Å². The van der Waals surface area contributed by atoms with Crippen LogP contribution >= 0.6 is 0 Å². The molecule has 0 bridgehead atoms. The Hall–Kier alpha value is -3.27. The Balaban J connectivity index is 1.31. The number of carbonyl (C=O) groups excluding carboxylic acids is 2. The number of benzene rings is 3. The van der Waals surface area contributed by atoms with Crippen LogP contribution in [-0.4, -0.2) is 68.8 Å². The van der Waals surface area contributed by atoms with Gasteiger partial charge in [-0.3, -0.25) is 14.5 Å². The Bertz CT molecular complexity index is 1480. The fourth-order valence-electron chi connectivity index (χ4n) is 5.67. The Morgan fingerprint density at radius 2 is 1.62 bits per heavy atom. The summed E-state index contributed by atoms with van der Waals surface area (Å²) in [7, 11) is -3.85. The van der Waals surface area contributed by atoms with Gasteiger partial charge in [0, 0.05) is 41.2 Å². The van der Waals surface area contributed by atoms with E-state index in [2.05, 4.69) is 14.9 Å². The van der Waals surface area contributed by atoms with Gasteiger partial charge in [0.1, 0.15) is 0 Å². The number of nitrogens with zero attached hydrogens (tertiary/aromatic N) is 2. The maximum atomic E-state index is 13.6. The molecule has 2 amide bonds. The maximum absolute atomic E-state index is 13.6. The average molecular weight is 549 g/mol. The number of aryl methyl sites for hydroxylation is 1. The molecule has 2 aliphatic heterocycles. The number of anilines is 1. The van der Waals surface area contributed by atoms with Gasteiger partial charge in [-0.15, -0.1) is 0 Å². The molecule has 0 spiro atoms. The third-order valence-electron chi connectivity index (χ3n) is 7.93. The minimum Gasteiger partial charge on any atom is -0.341 e. The molecule has 0 aliphatic carbocycles. The van der Waals surface area contributed by atoms with E-state index in [9.17, 15) is 18.0 Å². The number of hydrogen-bond donors (Lipinski definition) is 2. The van der Waals surface area contributed by atoms with Gasteiger partial charge < -0.3 is 10.2 Å². The Morgan fingerprint density at radius 3 is 2.33 bits per heavy atom. The van der Waals surface area contributed by atoms with E-state index in [0.717, 1.165) is 31.5 Å². The Morgan fingerprint density at radius 1 is 0.923 bits per heavy atom. The van der Waals surface area contributed by atoms with Gasteiger partial charge in [-0.05, 0) is 69.0 Å². The van der Waals surface area contributed by atoms with Crippen molar-refractivity contribution < 1.29 is 18.0 Å². The first-order chi connectivity index (χ1) is 18.7. The molecule has 2 N–H and O–H groups in total. The molecule has 2 fully saturated rings. The maximum Gasteiger partial charge on any atom is 0.255 e. The van der Waals surface area contributed by atoms with E-state index in [1.54, 1.807) is 30.3 Å². The predicted octanol–water partition coefficient (Wildman–Crippen LogP) is 4.01. The predicted molar refractivity (Wildman–Crippen MR) is 153 cm³/mol. The van der Waals surface area contributed by atoms with E-state index in [1.807, 2.05) is 49.1 Å². The molecule has 0 aromatic heterocycles. The second kappa shape index (κ2) is 11.5. The quantitative estimate of drug-likeness (QED) is 0.465. The SMILES string of the molecule is Cc1ccccc1C(=O)Nc1ccc(S(=O)(=O)N[C@@H]2CCN(C(=O)CN3CCCC3)C[C@@H]2C)c2ccccc12. The van der Waals surface area contributed by atoms with Crippen LogP contribution in [0.15, 0.2) is 65.6 Å². The number of carbonyl (C=O) groups is 2. The van der Waals surface area contributed by atoms with Gasteiger partial charge in [0.25, 0.3) is 5.91 Å². The number of likely N-dealkylation sites (tertiary alicyclic amines) is 2. The van der Waals surface area contributed by atoms with Gasteiger partial charge in [-0.1, -0.05) is 49.4 Å². The van der Waals surface area contributed by atoms with Crippen LogP contribution in [0.5, 0.6) is 0 Å². The van der Waals surface area contributed by atoms with Gasteiger partial charge in [-0.25, -0.2) is 13.1 Å². The van der Waals surface area contributed by atoms with Gasteiger partial charge in [-0.2, -0.15) is 0 Å². The van der Waals surface area contributed by atoms with E-state index < -0.39 is 10.0 Å². The molecule has 0 unspecified atom stereocenters. The van der Waals surface area contributed by atoms with E-state index in [0.29, 0.717) is 48.1 Å². The summed E-state index contributed by atoms with van der Waals surface area (Å²) in [5.41, 5.74) is 1.98. The standard InChI is InChI=1S/C30H36N4O4S/c1-21-9-3-4-10-23(21)30(36)31-27-13-14-28(25-12-6-5-11-24(25)27)39(37,38)32-26-15-18-34(19-22(26)2)29(35)20-33-16-7-8-17-33/h3-6,9-14,22,26,32H,7-8,15-20H2,1-2H3,(H,31,36)/t22-,26+/m0/s1. The summed E-state index contributed by atoms with van der Waals surface area (Å²) < 4.78 is 30.2. The lowest BCUT2D eigenvalue weighted by Gasteiger charge is -2.37. The molecule has 8 nitrogen and oxygen atoms in total. The molecule has 206 valence electrons. The average Bonchev–Trinajstić information content (AvgIpc) is 3.43. The number of hydrogen-bond acceptors (Lipinski definition) is 5. The molecular formula is C30H36N4O4S. The van der Waals surface area contributed by atoms with Crippen molar-refractivity contribution in [1.29, 1.82) is 0 Å². The lowest BCUT2D eigenvalue weighted by atomic mass is 9.95. The lowest BCUT2D eigenvalue weighted by Crippen LogP contribution is -2.53. The van der Waals surface area contributed by atoms with Crippen LogP contribution in [0.2, 0.25) is 0 Å². The van der Waals surface area contributed by atoms with Gasteiger partial charge in [0.2, 0.25) is 15.9 Å². The fourth-order valence-corrected chi connectivity index (χ4v) is 7.26. The van der Waals surface area contributed by atoms with Crippen molar-refractivity contribution >= 4 is 38.3 Å². The van der Waals surface area contributed by atoms with E-state index in [4.69, 9.17) is 0 Å². The number of sulfonamides is 1. The first kappa shape index (κ1) is 27.3. The summed E-state index contributed by atoms with van der Waals surface area (Å²) >= 11 is 0. The minimum atomic E-state index is -3.85. The highest BCUT2D eigenvalue weighted by atomic mass is 32.2. The van der Waals surface area contributed by atoms with Crippen molar-refractivity contribution in [2.24, 2.45) is 5.92 Å². The molecule has 5 rings (SSSR count). The highest BCUT2D eigenvalue weighted by Gasteiger charge is 2.33. The monoisotopic (exact) mass is 548 g/mol. The van der Waals surface area contributed by atoms with Gasteiger partial charge in [0.05, 0.1) is 11.4 Å². The van der Waals surface area contributed by atoms with Crippen molar-refractivity contribution in [2.45, 2.75) is 44.0 Å². The van der Waals surface area contributed by atoms with Crippen LogP contribution in [0, 0.1) is 12.8 Å². The molecule has 2 aliphatic rings. The van der Waals surface area contributed by atoms with Crippen molar-refractivity contribution in [3.8, 4) is 0 Å². The highest BCUT2D eigenvalue weighted by molar-refractivity contribution is 7.89. The number of fused-ring (bicyclic) bond motifs is 1. The number of rotatable bonds is 7. The molecule has 39 heavy (non-hydrogen) atoms. The van der Waals surface area contributed by atoms with Crippen LogP contribution in [0.25, 0.3) is 10.8 Å². The number of amides is 2. The number of nitrogens with one attached hydrogen (secondary N) is 2. The zero-order chi connectivity index (χ0) is 27.6. The van der Waals surface area contributed by atoms with E-state index in [1.165, 1.54) is 0 Å². The molecule has 0 saturated carbocycles. The fraction of sp³-hybridized carbons (Fsp3) is 0.400. The summed E-state index contributed by atoms with van der Waals surface area (Å²) in [6.45, 7) is 7.33. The van der Waals surface area contributed by atoms with E-state index in [-0.39, 0.29) is 28.7 Å². The lowest BCUT2D eigenvalue weighted by molar-refractivity contribution is -0.134. The molecular weight excluding hydrogens is 512 g/mol. The summed E-state index contributed by atoms with van der Waals surface area (Å²) in [6, 6.07) is 17.5. The zero-order valence-electron chi connectivity index (χ0n) is 22.5. The minimum absolute atomic E-state index is 0.0185. The second-order valence-electron chi connectivity index (χ2n) is 10.7. The molecule has 3 aromatic carbocycles. The smallest absolute Gasteiger partial charge is 0.255 e. The third kappa shape index (κ3) is 6.00. The highest BCUT2D eigenvalue weighted by Crippen LogP contribution is 2.31. The molecule has 0 radical (unpaired) electrons. The second-order valence-corrected chi connectivity index (χ2v) is 12.4. The van der Waals surface area contributed by atoms with Crippen molar-refractivity contribution in [3.05, 3.63) is 71.8 Å². The Labute approximate surface area is 230 Å². The van der Waals surface area contributed by atoms with Crippen molar-refractivity contribution in [1.82, 2.24) is 14.5 Å². The Kier molecular flexibility index (Phi) is 8.02. The topological polar surface area (TPSA) is 98.8 Å². The molecule has 3 aromatic rings. The summed E-state index contributed by atoms with van der Waals surface area (Å²) in [5.74, 6) is -0.138. The number of piperidine rings is 1. The normalized spacial score (nSPS) is 20.3. The van der Waals surface area contributed by atoms with Crippen LogP contribution in [0.3, 0.4) is 0 Å². The van der Waals surface area contributed by atoms with Crippen LogP contribution < -0.4 is 10.0 Å². The first-order valence-electron chi connectivity index (χ1n) is 13.6. The van der Waals surface area contributed by atoms with Crippen LogP contribution in [0.4, 0.5) is 5.69 Å². The van der Waals surface area contributed by atoms with Gasteiger partial charge >= 0.3 is 0 Å². The summed E-state index contributed by atoms with van der Waals surface area (Å²) in [6.07, 6.45) is 2.85. The van der Waals surface area contributed by atoms with Crippen molar-refractivity contribution in [3.63, 3.8) is 0 Å². The largest absolute Gasteiger partial charge is 0.341 e. The molecule has 2 atom stereocenters. The molecule has 2 saturated heterocycles. The van der Waals surface area contributed by atoms with E-state index >= 15 is 0 Å². The summed E-state index contributed by atoms with van der Waals surface area (Å²) in [4.78, 5) is 30.0. The van der Waals surface area contributed by atoms with Crippen molar-refractivity contribution in [2.75, 3.05) is 38.0 Å². The molecule has 9 heteroatoms. The third-order valence-corrected chi connectivity index (χ3v) is 9.48.